The van der Waals surface area contributed by atoms with Gasteiger partial charge in [0, 0.05) is 22.1 Å². The summed E-state index contributed by atoms with van der Waals surface area (Å²) in [5, 5.41) is 4.59. The zero-order chi connectivity index (χ0) is 35.8. The van der Waals surface area contributed by atoms with Gasteiger partial charge in [0.15, 0.2) is 0 Å². The summed E-state index contributed by atoms with van der Waals surface area (Å²) in [6, 6.07) is 75.9. The second kappa shape index (κ2) is 13.4. The van der Waals surface area contributed by atoms with Crippen LogP contribution in [0.15, 0.2) is 217 Å². The number of furan rings is 1. The van der Waals surface area contributed by atoms with Crippen LogP contribution in [0, 0.1) is 0 Å². The fourth-order valence-electron chi connectivity index (χ4n) is 7.98. The molecule has 1 aromatic heterocycles. The molecule has 0 N–H and O–H groups in total. The van der Waals surface area contributed by atoms with Crippen LogP contribution in [0.5, 0.6) is 0 Å². The van der Waals surface area contributed by atoms with Crippen molar-refractivity contribution in [3.63, 3.8) is 0 Å². The van der Waals surface area contributed by atoms with Crippen molar-refractivity contribution in [2.24, 2.45) is 0 Å². The molecule has 9 aromatic carbocycles. The molecule has 2 nitrogen and oxygen atoms in total. The highest BCUT2D eigenvalue weighted by Gasteiger charge is 2.26. The highest BCUT2D eigenvalue weighted by atomic mass is 16.3. The molecule has 2 heteroatoms. The summed E-state index contributed by atoms with van der Waals surface area (Å²) in [5.41, 5.74) is 14.1. The lowest BCUT2D eigenvalue weighted by atomic mass is 9.92. The van der Waals surface area contributed by atoms with Gasteiger partial charge in [-0.2, -0.15) is 0 Å². The molecule has 0 aliphatic carbocycles. The van der Waals surface area contributed by atoms with Crippen LogP contribution in [-0.4, -0.2) is 0 Å². The Bertz CT molecular complexity index is 2940. The Hall–Kier alpha value is -7.16. The van der Waals surface area contributed by atoms with Gasteiger partial charge in [0.1, 0.15) is 11.2 Å². The number of hydrogen-bond donors (Lipinski definition) is 0. The van der Waals surface area contributed by atoms with Gasteiger partial charge in [0.05, 0.1) is 22.4 Å². The summed E-state index contributed by atoms with van der Waals surface area (Å²) < 4.78 is 6.83. The summed E-state index contributed by atoms with van der Waals surface area (Å²) >= 11 is 0. The molecule has 1 heterocycles. The van der Waals surface area contributed by atoms with E-state index in [1.807, 2.05) is 0 Å². The van der Waals surface area contributed by atoms with Crippen molar-refractivity contribution in [2.75, 3.05) is 4.90 Å². The monoisotopic (exact) mass is 689 g/mol. The first-order chi connectivity index (χ1) is 26.8. The summed E-state index contributed by atoms with van der Waals surface area (Å²) in [5.74, 6) is 0. The lowest BCUT2D eigenvalue weighted by molar-refractivity contribution is 0.670. The number of anilines is 3. The minimum absolute atomic E-state index is 0.864. The standard InChI is InChI=1S/C52H35NO/c1-3-18-37(19-4-1)41-23-9-10-25-44(41)45-26-12-15-29-48(45)53(47-28-14-11-24-42(47)40-32-31-36-17-7-8-22-39(36)35-40)49-34-33-43(38-20-5-2-6-21-38)52-51(49)46-27-13-16-30-50(46)54-52/h1-35H. The van der Waals surface area contributed by atoms with Crippen molar-refractivity contribution in [1.82, 2.24) is 0 Å². The number of fused-ring (bicyclic) bond motifs is 4. The number of rotatable bonds is 7. The molecule has 10 aromatic rings. The third-order valence-corrected chi connectivity index (χ3v) is 10.5. The second-order valence-corrected chi connectivity index (χ2v) is 13.6. The van der Waals surface area contributed by atoms with Gasteiger partial charge in [-0.25, -0.2) is 0 Å². The molecule has 0 unspecified atom stereocenters. The maximum Gasteiger partial charge on any atom is 0.145 e. The van der Waals surface area contributed by atoms with Crippen LogP contribution in [0.4, 0.5) is 17.1 Å². The molecule has 0 fully saturated rings. The van der Waals surface area contributed by atoms with Crippen LogP contribution in [0.1, 0.15) is 0 Å². The molecule has 0 atom stereocenters. The Balaban J connectivity index is 1.30. The van der Waals surface area contributed by atoms with Crippen molar-refractivity contribution in [1.29, 1.82) is 0 Å². The van der Waals surface area contributed by atoms with Gasteiger partial charge in [-0.3, -0.25) is 0 Å². The van der Waals surface area contributed by atoms with Gasteiger partial charge >= 0.3 is 0 Å². The van der Waals surface area contributed by atoms with E-state index in [0.29, 0.717) is 0 Å². The van der Waals surface area contributed by atoms with Crippen molar-refractivity contribution < 1.29 is 4.42 Å². The van der Waals surface area contributed by atoms with E-state index >= 15 is 0 Å². The van der Waals surface area contributed by atoms with Crippen LogP contribution >= 0.6 is 0 Å². The van der Waals surface area contributed by atoms with Crippen molar-refractivity contribution >= 4 is 49.8 Å². The molecule has 254 valence electrons. The molecule has 0 saturated heterocycles. The molecule has 0 spiro atoms. The van der Waals surface area contributed by atoms with Crippen LogP contribution in [0.2, 0.25) is 0 Å². The van der Waals surface area contributed by atoms with E-state index in [0.717, 1.165) is 66.8 Å². The second-order valence-electron chi connectivity index (χ2n) is 13.6. The Morgan fingerprint density at radius 3 is 1.63 bits per heavy atom. The molecule has 0 aliphatic heterocycles. The van der Waals surface area contributed by atoms with Gasteiger partial charge in [-0.1, -0.05) is 176 Å². The fraction of sp³-hybridized carbons (Fsp3) is 0. The van der Waals surface area contributed by atoms with Crippen molar-refractivity contribution in [2.45, 2.75) is 0 Å². The van der Waals surface area contributed by atoms with Gasteiger partial charge in [0.2, 0.25) is 0 Å². The molecule has 0 bridgehead atoms. The van der Waals surface area contributed by atoms with E-state index in [1.165, 1.54) is 27.5 Å². The lowest BCUT2D eigenvalue weighted by Gasteiger charge is -2.31. The summed E-state index contributed by atoms with van der Waals surface area (Å²) in [7, 11) is 0. The number of nitrogens with zero attached hydrogens (tertiary/aromatic N) is 1. The normalized spacial score (nSPS) is 11.3. The predicted octanol–water partition coefficient (Wildman–Crippen LogP) is 14.9. The number of hydrogen-bond acceptors (Lipinski definition) is 2. The maximum absolute atomic E-state index is 6.83. The SMILES string of the molecule is c1ccc(-c2ccccc2-c2ccccc2N(c2ccccc2-c2ccc3ccccc3c2)c2ccc(-c3ccccc3)c3oc4ccccc4c23)cc1. The summed E-state index contributed by atoms with van der Waals surface area (Å²) in [6.07, 6.45) is 0. The zero-order valence-electron chi connectivity index (χ0n) is 29.6. The van der Waals surface area contributed by atoms with Crippen LogP contribution in [-0.2, 0) is 0 Å². The molecule has 10 rings (SSSR count). The van der Waals surface area contributed by atoms with Gasteiger partial charge < -0.3 is 9.32 Å². The highest BCUT2D eigenvalue weighted by Crippen LogP contribution is 2.51. The highest BCUT2D eigenvalue weighted by molar-refractivity contribution is 6.18. The van der Waals surface area contributed by atoms with E-state index < -0.39 is 0 Å². The van der Waals surface area contributed by atoms with Crippen LogP contribution in [0.25, 0.3) is 77.2 Å². The average molecular weight is 690 g/mol. The molecule has 0 radical (unpaired) electrons. The predicted molar refractivity (Wildman–Crippen MR) is 228 cm³/mol. The molecular formula is C52H35NO. The van der Waals surface area contributed by atoms with Crippen LogP contribution < -0.4 is 4.90 Å². The maximum atomic E-state index is 6.83. The third-order valence-electron chi connectivity index (χ3n) is 10.5. The number of benzene rings is 9. The summed E-state index contributed by atoms with van der Waals surface area (Å²) in [4.78, 5) is 2.46. The largest absolute Gasteiger partial charge is 0.455 e. The number of para-hydroxylation sites is 3. The first kappa shape index (κ1) is 31.6. The first-order valence-electron chi connectivity index (χ1n) is 18.4. The lowest BCUT2D eigenvalue weighted by Crippen LogP contribution is -2.13. The van der Waals surface area contributed by atoms with Crippen molar-refractivity contribution in [3.8, 4) is 44.5 Å². The molecule has 0 saturated carbocycles. The smallest absolute Gasteiger partial charge is 0.145 e. The zero-order valence-corrected chi connectivity index (χ0v) is 29.6. The molecule has 0 aliphatic rings. The Labute approximate surface area is 314 Å². The van der Waals surface area contributed by atoms with E-state index in [-0.39, 0.29) is 0 Å². The van der Waals surface area contributed by atoms with E-state index in [9.17, 15) is 0 Å². The van der Waals surface area contributed by atoms with Gasteiger partial charge in [0.25, 0.3) is 0 Å². The fourth-order valence-corrected chi connectivity index (χ4v) is 7.98. The molecular weight excluding hydrogens is 655 g/mol. The minimum Gasteiger partial charge on any atom is -0.455 e. The Morgan fingerprint density at radius 1 is 0.315 bits per heavy atom. The summed E-state index contributed by atoms with van der Waals surface area (Å²) in [6.45, 7) is 0. The third kappa shape index (κ3) is 5.44. The van der Waals surface area contributed by atoms with Crippen LogP contribution in [0.3, 0.4) is 0 Å². The average Bonchev–Trinajstić information content (AvgIpc) is 3.65. The van der Waals surface area contributed by atoms with Crippen molar-refractivity contribution in [3.05, 3.63) is 212 Å². The quantitative estimate of drug-likeness (QED) is 0.166. The van der Waals surface area contributed by atoms with Gasteiger partial charge in [-0.05, 0) is 75.0 Å². The molecule has 0 amide bonds. The van der Waals surface area contributed by atoms with E-state index in [1.54, 1.807) is 0 Å². The topological polar surface area (TPSA) is 16.4 Å². The molecule has 54 heavy (non-hydrogen) atoms. The first-order valence-corrected chi connectivity index (χ1v) is 18.4. The Morgan fingerprint density at radius 2 is 0.870 bits per heavy atom. The Kier molecular flexibility index (Phi) is 7.85. The van der Waals surface area contributed by atoms with E-state index in [4.69, 9.17) is 4.42 Å². The van der Waals surface area contributed by atoms with Gasteiger partial charge in [-0.15, -0.1) is 0 Å². The van der Waals surface area contributed by atoms with E-state index in [2.05, 4.69) is 217 Å². The minimum atomic E-state index is 0.864.